The summed E-state index contributed by atoms with van der Waals surface area (Å²) in [5, 5.41) is 6.03. The number of morpholine rings is 1. The van der Waals surface area contributed by atoms with Crippen molar-refractivity contribution < 1.29 is 9.53 Å². The van der Waals surface area contributed by atoms with E-state index in [1.54, 1.807) is 0 Å². The number of hydrogen-bond donors (Lipinski definition) is 2. The number of carbonyl (C=O) groups is 1. The second-order valence-corrected chi connectivity index (χ2v) is 4.92. The monoisotopic (exact) mass is 298 g/mol. The first-order valence-corrected chi connectivity index (χ1v) is 6.37. The summed E-state index contributed by atoms with van der Waals surface area (Å²) in [6, 6.07) is 7.24. The largest absolute Gasteiger partial charge is 0.375 e. The molecule has 1 fully saturated rings. The molecule has 1 heterocycles. The first kappa shape index (κ1) is 12.5. The molecule has 0 saturated carbocycles. The molecule has 0 spiro atoms. The first-order valence-electron chi connectivity index (χ1n) is 5.58. The van der Waals surface area contributed by atoms with Crippen molar-refractivity contribution in [2.24, 2.45) is 0 Å². The number of carbonyl (C=O) groups excluding carboxylic acids is 1. The Morgan fingerprint density at radius 2 is 2.41 bits per heavy atom. The van der Waals surface area contributed by atoms with Crippen molar-refractivity contribution >= 4 is 27.5 Å². The van der Waals surface area contributed by atoms with Crippen LogP contribution in [0.3, 0.4) is 0 Å². The third-order valence-corrected chi connectivity index (χ3v) is 3.18. The zero-order valence-corrected chi connectivity index (χ0v) is 11.2. The van der Waals surface area contributed by atoms with Gasteiger partial charge >= 0.3 is 0 Å². The molecule has 2 rings (SSSR count). The SMILES string of the molecule is C[C@H]1OCCN[C@@H]1C(=O)Nc1cccc(Br)c1. The van der Waals surface area contributed by atoms with Crippen molar-refractivity contribution in [1.29, 1.82) is 0 Å². The lowest BCUT2D eigenvalue weighted by Crippen LogP contribution is -2.53. The van der Waals surface area contributed by atoms with Crippen LogP contribution < -0.4 is 10.6 Å². The minimum absolute atomic E-state index is 0.0599. The third-order valence-electron chi connectivity index (χ3n) is 2.69. The fourth-order valence-electron chi connectivity index (χ4n) is 1.81. The molecule has 1 aliphatic heterocycles. The molecule has 2 N–H and O–H groups in total. The first-order chi connectivity index (χ1) is 8.16. The van der Waals surface area contributed by atoms with Crippen molar-refractivity contribution in [2.45, 2.75) is 19.1 Å². The van der Waals surface area contributed by atoms with E-state index in [0.29, 0.717) is 13.2 Å². The van der Waals surface area contributed by atoms with Gasteiger partial charge in [0, 0.05) is 16.7 Å². The zero-order valence-electron chi connectivity index (χ0n) is 9.57. The van der Waals surface area contributed by atoms with Crippen molar-refractivity contribution in [3.8, 4) is 0 Å². The van der Waals surface area contributed by atoms with E-state index in [-0.39, 0.29) is 18.1 Å². The summed E-state index contributed by atoms with van der Waals surface area (Å²) < 4.78 is 6.38. The van der Waals surface area contributed by atoms with E-state index < -0.39 is 0 Å². The quantitative estimate of drug-likeness (QED) is 0.875. The third kappa shape index (κ3) is 3.28. The maximum Gasteiger partial charge on any atom is 0.244 e. The average Bonchev–Trinajstić information content (AvgIpc) is 2.29. The van der Waals surface area contributed by atoms with Crippen LogP contribution in [0.15, 0.2) is 28.7 Å². The van der Waals surface area contributed by atoms with Crippen LogP contribution in [0.2, 0.25) is 0 Å². The van der Waals surface area contributed by atoms with Gasteiger partial charge in [0.15, 0.2) is 0 Å². The molecule has 1 aromatic carbocycles. The van der Waals surface area contributed by atoms with Gasteiger partial charge in [-0.25, -0.2) is 0 Å². The average molecular weight is 299 g/mol. The Hall–Kier alpha value is -0.910. The number of nitrogens with one attached hydrogen (secondary N) is 2. The van der Waals surface area contributed by atoms with Crippen molar-refractivity contribution in [3.05, 3.63) is 28.7 Å². The van der Waals surface area contributed by atoms with Gasteiger partial charge in [-0.15, -0.1) is 0 Å². The van der Waals surface area contributed by atoms with E-state index in [2.05, 4.69) is 26.6 Å². The van der Waals surface area contributed by atoms with E-state index in [1.807, 2.05) is 31.2 Å². The second kappa shape index (κ2) is 5.62. The van der Waals surface area contributed by atoms with Crippen LogP contribution in [-0.2, 0) is 9.53 Å². The highest BCUT2D eigenvalue weighted by Gasteiger charge is 2.28. The molecule has 0 unspecified atom stereocenters. The second-order valence-electron chi connectivity index (χ2n) is 4.01. The fraction of sp³-hybridized carbons (Fsp3) is 0.417. The summed E-state index contributed by atoms with van der Waals surface area (Å²) >= 11 is 3.37. The van der Waals surface area contributed by atoms with Crippen LogP contribution >= 0.6 is 15.9 Å². The van der Waals surface area contributed by atoms with Gasteiger partial charge < -0.3 is 15.4 Å². The predicted molar refractivity (Wildman–Crippen MR) is 70.0 cm³/mol. The van der Waals surface area contributed by atoms with Crippen LogP contribution in [0.5, 0.6) is 0 Å². The van der Waals surface area contributed by atoms with Crippen molar-refractivity contribution in [2.75, 3.05) is 18.5 Å². The molecule has 4 nitrogen and oxygen atoms in total. The van der Waals surface area contributed by atoms with E-state index in [9.17, 15) is 4.79 Å². The lowest BCUT2D eigenvalue weighted by atomic mass is 10.1. The number of rotatable bonds is 2. The summed E-state index contributed by atoms with van der Waals surface area (Å²) in [6.07, 6.45) is -0.101. The number of benzene rings is 1. The number of amides is 1. The Morgan fingerprint density at radius 3 is 3.12 bits per heavy atom. The molecule has 92 valence electrons. The van der Waals surface area contributed by atoms with Gasteiger partial charge in [0.25, 0.3) is 0 Å². The molecule has 0 radical (unpaired) electrons. The Bertz CT molecular complexity index is 411. The van der Waals surface area contributed by atoms with E-state index in [4.69, 9.17) is 4.74 Å². The molecule has 1 aliphatic rings. The molecular formula is C12H15BrN2O2. The van der Waals surface area contributed by atoms with Crippen molar-refractivity contribution in [1.82, 2.24) is 5.32 Å². The number of hydrogen-bond acceptors (Lipinski definition) is 3. The Kier molecular flexibility index (Phi) is 4.15. The molecule has 17 heavy (non-hydrogen) atoms. The maximum absolute atomic E-state index is 12.0. The zero-order chi connectivity index (χ0) is 12.3. The summed E-state index contributed by atoms with van der Waals surface area (Å²) in [7, 11) is 0. The Morgan fingerprint density at radius 1 is 1.59 bits per heavy atom. The minimum atomic E-state index is -0.289. The summed E-state index contributed by atoms with van der Waals surface area (Å²) in [5.41, 5.74) is 0.781. The molecule has 1 aromatic rings. The predicted octanol–water partition coefficient (Wildman–Crippen LogP) is 1.76. The lowest BCUT2D eigenvalue weighted by Gasteiger charge is -2.29. The molecule has 0 bridgehead atoms. The Labute approximate surface area is 109 Å². The van der Waals surface area contributed by atoms with Crippen LogP contribution in [0.25, 0.3) is 0 Å². The lowest BCUT2D eigenvalue weighted by molar-refractivity contribution is -0.123. The van der Waals surface area contributed by atoms with E-state index in [0.717, 1.165) is 10.2 Å². The molecule has 0 aromatic heterocycles. The number of halogens is 1. The van der Waals surface area contributed by atoms with Crippen molar-refractivity contribution in [3.63, 3.8) is 0 Å². The highest BCUT2D eigenvalue weighted by molar-refractivity contribution is 9.10. The Balaban J connectivity index is 2.01. The van der Waals surface area contributed by atoms with E-state index in [1.165, 1.54) is 0 Å². The molecular weight excluding hydrogens is 284 g/mol. The minimum Gasteiger partial charge on any atom is -0.375 e. The van der Waals surface area contributed by atoms with Crippen LogP contribution in [0, 0.1) is 0 Å². The number of ether oxygens (including phenoxy) is 1. The van der Waals surface area contributed by atoms with Crippen LogP contribution in [-0.4, -0.2) is 31.2 Å². The van der Waals surface area contributed by atoms with Crippen LogP contribution in [0.1, 0.15) is 6.92 Å². The van der Waals surface area contributed by atoms with Gasteiger partial charge in [-0.05, 0) is 25.1 Å². The topological polar surface area (TPSA) is 50.4 Å². The van der Waals surface area contributed by atoms with Gasteiger partial charge in [-0.3, -0.25) is 4.79 Å². The maximum atomic E-state index is 12.0. The van der Waals surface area contributed by atoms with Gasteiger partial charge in [0.05, 0.1) is 12.7 Å². The van der Waals surface area contributed by atoms with E-state index >= 15 is 0 Å². The number of anilines is 1. The van der Waals surface area contributed by atoms with Gasteiger partial charge in [-0.1, -0.05) is 22.0 Å². The normalized spacial score (nSPS) is 24.4. The molecule has 2 atom stereocenters. The summed E-state index contributed by atoms with van der Waals surface area (Å²) in [5.74, 6) is -0.0599. The molecule has 1 saturated heterocycles. The van der Waals surface area contributed by atoms with Gasteiger partial charge in [-0.2, -0.15) is 0 Å². The summed E-state index contributed by atoms with van der Waals surface area (Å²) in [6.45, 7) is 3.26. The smallest absolute Gasteiger partial charge is 0.244 e. The highest BCUT2D eigenvalue weighted by Crippen LogP contribution is 2.16. The van der Waals surface area contributed by atoms with Crippen LogP contribution in [0.4, 0.5) is 5.69 Å². The standard InChI is InChI=1S/C12H15BrN2O2/c1-8-11(14-5-6-17-8)12(16)15-10-4-2-3-9(13)7-10/h2-4,7-8,11,14H,5-6H2,1H3,(H,15,16)/t8-,11+/m1/s1. The molecule has 0 aliphatic carbocycles. The van der Waals surface area contributed by atoms with Gasteiger partial charge in [0.1, 0.15) is 6.04 Å². The summed E-state index contributed by atoms with van der Waals surface area (Å²) in [4.78, 5) is 12.0. The fourth-order valence-corrected chi connectivity index (χ4v) is 2.21. The van der Waals surface area contributed by atoms with Gasteiger partial charge in [0.2, 0.25) is 5.91 Å². The molecule has 5 heteroatoms. The highest BCUT2D eigenvalue weighted by atomic mass is 79.9. The molecule has 1 amide bonds.